The monoisotopic (exact) mass is 252 g/mol. The van der Waals surface area contributed by atoms with Crippen molar-refractivity contribution < 1.29 is 22.8 Å². The highest BCUT2D eigenvalue weighted by Crippen LogP contribution is 2.17. The fraction of sp³-hybridized carbons (Fsp3) is 0.800. The first-order valence-electron chi connectivity index (χ1n) is 5.47. The predicted octanol–water partition coefficient (Wildman–Crippen LogP) is 1.07. The third-order valence-corrected chi connectivity index (χ3v) is 2.78. The first kappa shape index (κ1) is 13.8. The van der Waals surface area contributed by atoms with Gasteiger partial charge in [0.15, 0.2) is 0 Å². The molecule has 1 aliphatic heterocycles. The van der Waals surface area contributed by atoms with Crippen molar-refractivity contribution in [2.24, 2.45) is 0 Å². The zero-order valence-corrected chi connectivity index (χ0v) is 9.51. The van der Waals surface area contributed by atoms with E-state index in [9.17, 15) is 22.8 Å². The Kier molecular flexibility index (Phi) is 4.36. The van der Waals surface area contributed by atoms with E-state index < -0.39 is 24.5 Å². The number of carbonyl (C=O) groups excluding carboxylic acids is 2. The summed E-state index contributed by atoms with van der Waals surface area (Å²) in [5.41, 5.74) is 0. The summed E-state index contributed by atoms with van der Waals surface area (Å²) in [7, 11) is 0. The molecule has 1 aliphatic rings. The average Bonchev–Trinajstić information content (AvgIpc) is 2.24. The second-order valence-corrected chi connectivity index (χ2v) is 4.11. The van der Waals surface area contributed by atoms with Crippen LogP contribution in [0.1, 0.15) is 26.2 Å². The van der Waals surface area contributed by atoms with Crippen LogP contribution in [0.3, 0.4) is 0 Å². The van der Waals surface area contributed by atoms with Crippen molar-refractivity contribution in [1.29, 1.82) is 0 Å². The maximum absolute atomic E-state index is 11.9. The molecule has 1 unspecified atom stereocenters. The van der Waals surface area contributed by atoms with Crippen molar-refractivity contribution in [2.75, 3.05) is 13.1 Å². The molecule has 0 spiro atoms. The number of nitrogens with one attached hydrogen (secondary N) is 1. The number of halogens is 3. The van der Waals surface area contributed by atoms with E-state index >= 15 is 0 Å². The van der Waals surface area contributed by atoms with Gasteiger partial charge in [-0.2, -0.15) is 13.2 Å². The molecule has 0 bridgehead atoms. The lowest BCUT2D eigenvalue weighted by molar-refractivity contribution is -0.174. The van der Waals surface area contributed by atoms with E-state index in [0.29, 0.717) is 6.54 Å². The fourth-order valence-corrected chi connectivity index (χ4v) is 1.83. The summed E-state index contributed by atoms with van der Waals surface area (Å²) < 4.78 is 35.6. The molecule has 0 aromatic rings. The quantitative estimate of drug-likeness (QED) is 0.799. The normalized spacial score (nSPS) is 21.2. The number of rotatable bonds is 2. The van der Waals surface area contributed by atoms with Crippen molar-refractivity contribution in [3.63, 3.8) is 0 Å². The van der Waals surface area contributed by atoms with Crippen molar-refractivity contribution in [3.8, 4) is 0 Å². The zero-order chi connectivity index (χ0) is 13.1. The second-order valence-electron chi connectivity index (χ2n) is 4.11. The fourth-order valence-electron chi connectivity index (χ4n) is 1.83. The lowest BCUT2D eigenvalue weighted by Crippen LogP contribution is -2.48. The molecule has 0 saturated carbocycles. The van der Waals surface area contributed by atoms with Gasteiger partial charge in [0.05, 0.1) is 6.54 Å². The molecule has 1 saturated heterocycles. The molecule has 17 heavy (non-hydrogen) atoms. The van der Waals surface area contributed by atoms with E-state index in [1.54, 1.807) is 5.32 Å². The average molecular weight is 252 g/mol. The van der Waals surface area contributed by atoms with Gasteiger partial charge in [-0.3, -0.25) is 9.59 Å². The molecule has 98 valence electrons. The van der Waals surface area contributed by atoms with Gasteiger partial charge in [0, 0.05) is 12.6 Å². The van der Waals surface area contributed by atoms with E-state index in [4.69, 9.17) is 0 Å². The Morgan fingerprint density at radius 2 is 2.00 bits per heavy atom. The SMILES string of the molecule is CC1CCCCN1C(=O)CNC(=O)C(F)(F)F. The number of alkyl halides is 3. The largest absolute Gasteiger partial charge is 0.471 e. The van der Waals surface area contributed by atoms with Gasteiger partial charge in [-0.1, -0.05) is 0 Å². The third-order valence-electron chi connectivity index (χ3n) is 2.78. The zero-order valence-electron chi connectivity index (χ0n) is 9.51. The van der Waals surface area contributed by atoms with Crippen LogP contribution in [-0.2, 0) is 9.59 Å². The van der Waals surface area contributed by atoms with Crippen LogP contribution in [0.5, 0.6) is 0 Å². The van der Waals surface area contributed by atoms with Crippen LogP contribution in [-0.4, -0.2) is 42.0 Å². The highest BCUT2D eigenvalue weighted by molar-refractivity contribution is 5.87. The van der Waals surface area contributed by atoms with Crippen LogP contribution in [0.15, 0.2) is 0 Å². The molecule has 2 amide bonds. The molecule has 1 fully saturated rings. The number of nitrogens with zero attached hydrogens (tertiary/aromatic N) is 1. The van der Waals surface area contributed by atoms with Crippen LogP contribution in [0.25, 0.3) is 0 Å². The Morgan fingerprint density at radius 1 is 1.35 bits per heavy atom. The van der Waals surface area contributed by atoms with Crippen LogP contribution in [0.4, 0.5) is 13.2 Å². The molecule has 0 aliphatic carbocycles. The van der Waals surface area contributed by atoms with Crippen molar-refractivity contribution in [2.45, 2.75) is 38.4 Å². The number of amides is 2. The summed E-state index contributed by atoms with van der Waals surface area (Å²) in [6.45, 7) is 1.80. The molecule has 0 radical (unpaired) electrons. The summed E-state index contributed by atoms with van der Waals surface area (Å²) in [4.78, 5) is 23.6. The van der Waals surface area contributed by atoms with Gasteiger partial charge in [0.1, 0.15) is 0 Å². The molecule has 1 rings (SSSR count). The van der Waals surface area contributed by atoms with Crippen LogP contribution in [0, 0.1) is 0 Å². The second kappa shape index (κ2) is 5.37. The Bertz CT molecular complexity index is 304. The van der Waals surface area contributed by atoms with E-state index in [1.165, 1.54) is 4.90 Å². The Balaban J connectivity index is 2.41. The molecule has 0 aromatic heterocycles. The first-order valence-corrected chi connectivity index (χ1v) is 5.47. The smallest absolute Gasteiger partial charge is 0.339 e. The highest BCUT2D eigenvalue weighted by atomic mass is 19.4. The summed E-state index contributed by atoms with van der Waals surface area (Å²) in [6, 6.07) is 0.0269. The number of hydrogen-bond donors (Lipinski definition) is 1. The number of carbonyl (C=O) groups is 2. The molecule has 0 aromatic carbocycles. The molecule has 7 heteroatoms. The van der Waals surface area contributed by atoms with Crippen LogP contribution in [0.2, 0.25) is 0 Å². The number of likely N-dealkylation sites (tertiary alicyclic amines) is 1. The minimum absolute atomic E-state index is 0.0269. The highest BCUT2D eigenvalue weighted by Gasteiger charge is 2.39. The van der Waals surface area contributed by atoms with Crippen LogP contribution >= 0.6 is 0 Å². The Morgan fingerprint density at radius 3 is 2.53 bits per heavy atom. The van der Waals surface area contributed by atoms with Crippen molar-refractivity contribution in [3.05, 3.63) is 0 Å². The lowest BCUT2D eigenvalue weighted by Gasteiger charge is -2.33. The summed E-state index contributed by atoms with van der Waals surface area (Å²) in [5.74, 6) is -2.54. The lowest BCUT2D eigenvalue weighted by atomic mass is 10.0. The topological polar surface area (TPSA) is 49.4 Å². The van der Waals surface area contributed by atoms with Crippen LogP contribution < -0.4 is 5.32 Å². The standard InChI is InChI=1S/C10H15F3N2O2/c1-7-4-2-3-5-15(7)8(16)6-14-9(17)10(11,12)13/h7H,2-6H2,1H3,(H,14,17). The first-order chi connectivity index (χ1) is 7.82. The van der Waals surface area contributed by atoms with E-state index in [0.717, 1.165) is 19.3 Å². The molecule has 1 atom stereocenters. The van der Waals surface area contributed by atoms with E-state index in [2.05, 4.69) is 0 Å². The van der Waals surface area contributed by atoms with Gasteiger partial charge in [0.25, 0.3) is 0 Å². The Labute approximate surface area is 97.1 Å². The van der Waals surface area contributed by atoms with Gasteiger partial charge < -0.3 is 10.2 Å². The molecule has 1 N–H and O–H groups in total. The van der Waals surface area contributed by atoms with Crippen molar-refractivity contribution >= 4 is 11.8 Å². The van der Waals surface area contributed by atoms with Gasteiger partial charge in [-0.05, 0) is 26.2 Å². The molecule has 1 heterocycles. The number of piperidine rings is 1. The summed E-state index contributed by atoms with van der Waals surface area (Å²) in [5, 5.41) is 1.59. The van der Waals surface area contributed by atoms with Gasteiger partial charge >= 0.3 is 12.1 Å². The van der Waals surface area contributed by atoms with Gasteiger partial charge in [-0.25, -0.2) is 0 Å². The molecular formula is C10H15F3N2O2. The summed E-state index contributed by atoms with van der Waals surface area (Å²) >= 11 is 0. The van der Waals surface area contributed by atoms with Gasteiger partial charge in [0.2, 0.25) is 5.91 Å². The maximum Gasteiger partial charge on any atom is 0.471 e. The minimum atomic E-state index is -4.94. The van der Waals surface area contributed by atoms with E-state index in [1.807, 2.05) is 6.92 Å². The minimum Gasteiger partial charge on any atom is -0.339 e. The number of hydrogen-bond acceptors (Lipinski definition) is 2. The predicted molar refractivity (Wildman–Crippen MR) is 54.1 cm³/mol. The maximum atomic E-state index is 11.9. The van der Waals surface area contributed by atoms with Gasteiger partial charge in [-0.15, -0.1) is 0 Å². The molecular weight excluding hydrogens is 237 g/mol. The molecule has 4 nitrogen and oxygen atoms in total. The summed E-state index contributed by atoms with van der Waals surface area (Å²) in [6.07, 6.45) is -2.23. The van der Waals surface area contributed by atoms with Crippen molar-refractivity contribution in [1.82, 2.24) is 10.2 Å². The third kappa shape index (κ3) is 3.90. The van der Waals surface area contributed by atoms with E-state index in [-0.39, 0.29) is 6.04 Å². The Hall–Kier alpha value is -1.27.